The number of H-pyrrole nitrogens is 1. The molecule has 1 aromatic heterocycles. The Morgan fingerprint density at radius 1 is 1.70 bits per heavy atom. The van der Waals surface area contributed by atoms with Crippen molar-refractivity contribution in [1.29, 1.82) is 0 Å². The van der Waals surface area contributed by atoms with Crippen molar-refractivity contribution in [3.63, 3.8) is 0 Å². The minimum Gasteiger partial charge on any atom is -0.363 e. The maximum absolute atomic E-state index is 4.25. The van der Waals surface area contributed by atoms with Crippen LogP contribution in [-0.2, 0) is 0 Å². The number of nitrogens with zero attached hydrogens (tertiary/aromatic N) is 1. The predicted octanol–water partition coefficient (Wildman–Crippen LogP) is 2.22. The molecule has 2 heteroatoms. The highest BCUT2D eigenvalue weighted by Crippen LogP contribution is 2.30. The summed E-state index contributed by atoms with van der Waals surface area (Å²) in [4.78, 5) is 7.44. The van der Waals surface area contributed by atoms with Crippen LogP contribution in [0.3, 0.4) is 0 Å². The molecule has 1 N–H and O–H groups in total. The molecule has 2 nitrogen and oxygen atoms in total. The van der Waals surface area contributed by atoms with Crippen LogP contribution in [0.15, 0.2) is 17.3 Å². The van der Waals surface area contributed by atoms with Gasteiger partial charge in [-0.15, -0.1) is 0 Å². The van der Waals surface area contributed by atoms with Gasteiger partial charge in [-0.3, -0.25) is 4.99 Å². The number of fused-ring (bicyclic) bond motifs is 1. The fourth-order valence-electron chi connectivity index (χ4n) is 1.31. The lowest BCUT2D eigenvalue weighted by Crippen LogP contribution is -1.98. The summed E-state index contributed by atoms with van der Waals surface area (Å²) in [6.45, 7) is 2.21. The van der Waals surface area contributed by atoms with Crippen LogP contribution in [0.1, 0.15) is 25.0 Å². The zero-order chi connectivity index (χ0) is 6.97. The van der Waals surface area contributed by atoms with Gasteiger partial charge in [0.2, 0.25) is 0 Å². The predicted molar refractivity (Wildman–Crippen MR) is 42.0 cm³/mol. The van der Waals surface area contributed by atoms with Crippen molar-refractivity contribution in [2.24, 2.45) is 4.99 Å². The fraction of sp³-hybridized carbons (Fsp3) is 0.375. The lowest BCUT2D eigenvalue weighted by molar-refractivity contribution is 0.775. The van der Waals surface area contributed by atoms with E-state index in [2.05, 4.69) is 16.9 Å². The van der Waals surface area contributed by atoms with Gasteiger partial charge in [-0.2, -0.15) is 0 Å². The summed E-state index contributed by atoms with van der Waals surface area (Å²) in [5.41, 5.74) is 2.39. The average Bonchev–Trinajstić information content (AvgIpc) is 2.36. The van der Waals surface area contributed by atoms with Crippen molar-refractivity contribution in [2.45, 2.75) is 19.3 Å². The molecule has 1 atom stereocenters. The molecule has 1 aromatic rings. The van der Waals surface area contributed by atoms with Crippen molar-refractivity contribution in [1.82, 2.24) is 4.98 Å². The number of hydrogen-bond acceptors (Lipinski definition) is 1. The van der Waals surface area contributed by atoms with Crippen LogP contribution in [0.5, 0.6) is 0 Å². The van der Waals surface area contributed by atoms with Crippen molar-refractivity contribution in [2.75, 3.05) is 0 Å². The molecular weight excluding hydrogens is 124 g/mol. The molecule has 2 rings (SSSR count). The first-order chi connectivity index (χ1) is 4.88. The van der Waals surface area contributed by atoms with Gasteiger partial charge in [-0.25, -0.2) is 0 Å². The van der Waals surface area contributed by atoms with Crippen LogP contribution in [-0.4, -0.2) is 11.2 Å². The molecule has 1 aliphatic rings. The number of rotatable bonds is 0. The summed E-state index contributed by atoms with van der Waals surface area (Å²) < 4.78 is 0. The van der Waals surface area contributed by atoms with Gasteiger partial charge in [-0.1, -0.05) is 6.92 Å². The highest BCUT2D eigenvalue weighted by atomic mass is 14.8. The van der Waals surface area contributed by atoms with E-state index in [1.54, 1.807) is 0 Å². The molecule has 0 amide bonds. The largest absolute Gasteiger partial charge is 0.363 e. The molecule has 1 aliphatic heterocycles. The Hall–Kier alpha value is -1.05. The van der Waals surface area contributed by atoms with Gasteiger partial charge >= 0.3 is 0 Å². The molecule has 0 spiro atoms. The third kappa shape index (κ3) is 0.685. The smallest absolute Gasteiger partial charge is 0.0835 e. The van der Waals surface area contributed by atoms with Crippen LogP contribution in [0.25, 0.3) is 0 Å². The number of aliphatic imine (C=N–C) groups is 1. The van der Waals surface area contributed by atoms with Gasteiger partial charge in [0.1, 0.15) is 0 Å². The molecule has 0 saturated heterocycles. The second kappa shape index (κ2) is 1.97. The first-order valence-electron chi connectivity index (χ1n) is 3.58. The van der Waals surface area contributed by atoms with E-state index in [1.807, 2.05) is 18.5 Å². The maximum atomic E-state index is 4.25. The molecule has 10 heavy (non-hydrogen) atoms. The summed E-state index contributed by atoms with van der Waals surface area (Å²) in [5, 5.41) is 0. The fourth-order valence-corrected chi connectivity index (χ4v) is 1.31. The molecule has 0 saturated carbocycles. The van der Waals surface area contributed by atoms with E-state index in [0.717, 1.165) is 12.1 Å². The molecule has 0 aliphatic carbocycles. The first-order valence-corrected chi connectivity index (χ1v) is 3.58. The van der Waals surface area contributed by atoms with Crippen LogP contribution in [0.4, 0.5) is 5.69 Å². The summed E-state index contributed by atoms with van der Waals surface area (Å²) >= 11 is 0. The van der Waals surface area contributed by atoms with Gasteiger partial charge in [0, 0.05) is 24.0 Å². The van der Waals surface area contributed by atoms with Gasteiger partial charge < -0.3 is 4.98 Å². The number of aromatic nitrogens is 1. The quantitative estimate of drug-likeness (QED) is 0.563. The van der Waals surface area contributed by atoms with E-state index >= 15 is 0 Å². The zero-order valence-electron chi connectivity index (χ0n) is 5.96. The number of hydrogen-bond donors (Lipinski definition) is 1. The van der Waals surface area contributed by atoms with Gasteiger partial charge in [-0.05, 0) is 12.5 Å². The van der Waals surface area contributed by atoms with E-state index in [0.29, 0.717) is 5.92 Å². The zero-order valence-corrected chi connectivity index (χ0v) is 5.96. The normalized spacial score (nSPS) is 22.7. The first kappa shape index (κ1) is 5.71. The van der Waals surface area contributed by atoms with Crippen LogP contribution in [0.2, 0.25) is 0 Å². The molecule has 0 fully saturated rings. The second-order valence-corrected chi connectivity index (χ2v) is 2.73. The Morgan fingerprint density at radius 3 is 3.40 bits per heavy atom. The van der Waals surface area contributed by atoms with E-state index in [9.17, 15) is 0 Å². The Balaban J connectivity index is 2.52. The van der Waals surface area contributed by atoms with Gasteiger partial charge in [0.25, 0.3) is 0 Å². The topological polar surface area (TPSA) is 28.1 Å². The lowest BCUT2D eigenvalue weighted by atomic mass is 10.0. The van der Waals surface area contributed by atoms with Crippen LogP contribution in [0, 0.1) is 0 Å². The third-order valence-electron chi connectivity index (χ3n) is 1.94. The van der Waals surface area contributed by atoms with Crippen molar-refractivity contribution in [3.8, 4) is 0 Å². The van der Waals surface area contributed by atoms with Crippen molar-refractivity contribution >= 4 is 11.9 Å². The summed E-state index contributed by atoms with van der Waals surface area (Å²) in [6.07, 6.45) is 5.00. The monoisotopic (exact) mass is 134 g/mol. The second-order valence-electron chi connectivity index (χ2n) is 2.73. The van der Waals surface area contributed by atoms with Crippen molar-refractivity contribution in [3.05, 3.63) is 18.0 Å². The molecule has 52 valence electrons. The SMILES string of the molecule is CC1CC=Nc2cc[nH]c21. The molecule has 0 radical (unpaired) electrons. The minimum atomic E-state index is 0.613. The molecule has 1 unspecified atom stereocenters. The molecule has 0 aromatic carbocycles. The Bertz CT molecular complexity index is 260. The molecule has 0 bridgehead atoms. The molecule has 2 heterocycles. The Labute approximate surface area is 60.0 Å². The van der Waals surface area contributed by atoms with E-state index in [4.69, 9.17) is 0 Å². The number of aromatic amines is 1. The van der Waals surface area contributed by atoms with E-state index in [1.165, 1.54) is 5.69 Å². The van der Waals surface area contributed by atoms with Crippen LogP contribution >= 0.6 is 0 Å². The maximum Gasteiger partial charge on any atom is 0.0835 e. The van der Waals surface area contributed by atoms with Gasteiger partial charge in [0.15, 0.2) is 0 Å². The Kier molecular flexibility index (Phi) is 1.13. The minimum absolute atomic E-state index is 0.613. The molecular formula is C8H10N2. The van der Waals surface area contributed by atoms with E-state index < -0.39 is 0 Å². The van der Waals surface area contributed by atoms with Gasteiger partial charge in [0.05, 0.1) is 5.69 Å². The average molecular weight is 134 g/mol. The van der Waals surface area contributed by atoms with E-state index in [-0.39, 0.29) is 0 Å². The standard InChI is InChI=1S/C8H10N2/c1-6-2-4-9-7-3-5-10-8(6)7/h3-6,10H,2H2,1H3. The highest BCUT2D eigenvalue weighted by molar-refractivity contribution is 5.69. The third-order valence-corrected chi connectivity index (χ3v) is 1.94. The summed E-state index contributed by atoms with van der Waals surface area (Å²) in [7, 11) is 0. The summed E-state index contributed by atoms with van der Waals surface area (Å²) in [5.74, 6) is 0.613. The van der Waals surface area contributed by atoms with Crippen molar-refractivity contribution < 1.29 is 0 Å². The lowest BCUT2D eigenvalue weighted by Gasteiger charge is -2.11. The summed E-state index contributed by atoms with van der Waals surface area (Å²) in [6, 6.07) is 2.02. The Morgan fingerprint density at radius 2 is 2.60 bits per heavy atom. The van der Waals surface area contributed by atoms with Crippen LogP contribution < -0.4 is 0 Å². The number of nitrogens with one attached hydrogen (secondary N) is 1. The highest BCUT2D eigenvalue weighted by Gasteiger charge is 2.13.